The van der Waals surface area contributed by atoms with Crippen LogP contribution in [0.3, 0.4) is 0 Å². The number of ether oxygens (including phenoxy) is 2. The van der Waals surface area contributed by atoms with Crippen molar-refractivity contribution >= 4 is 11.5 Å². The highest BCUT2D eigenvalue weighted by atomic mass is 16.5. The summed E-state index contributed by atoms with van der Waals surface area (Å²) in [6.45, 7) is 1.52. The van der Waals surface area contributed by atoms with Gasteiger partial charge in [0, 0.05) is 37.9 Å². The van der Waals surface area contributed by atoms with Crippen LogP contribution in [0.5, 0.6) is 5.75 Å². The Bertz CT molecular complexity index is 485. The number of anilines is 1. The Morgan fingerprint density at radius 2 is 2.15 bits per heavy atom. The van der Waals surface area contributed by atoms with E-state index < -0.39 is 0 Å². The van der Waals surface area contributed by atoms with E-state index in [0.717, 1.165) is 37.5 Å². The zero-order chi connectivity index (χ0) is 14.5. The van der Waals surface area contributed by atoms with E-state index in [4.69, 9.17) is 20.4 Å². The smallest absolute Gasteiger partial charge is 0.172 e. The highest BCUT2D eigenvalue weighted by Gasteiger charge is 2.22. The van der Waals surface area contributed by atoms with Crippen molar-refractivity contribution in [3.05, 3.63) is 23.8 Å². The second kappa shape index (κ2) is 6.47. The summed E-state index contributed by atoms with van der Waals surface area (Å²) < 4.78 is 10.7. The van der Waals surface area contributed by atoms with Gasteiger partial charge < -0.3 is 25.3 Å². The van der Waals surface area contributed by atoms with Gasteiger partial charge in [-0.1, -0.05) is 5.16 Å². The van der Waals surface area contributed by atoms with E-state index in [0.29, 0.717) is 11.6 Å². The first kappa shape index (κ1) is 14.5. The van der Waals surface area contributed by atoms with Crippen molar-refractivity contribution in [1.82, 2.24) is 0 Å². The molecule has 6 heteroatoms. The number of oxime groups is 1. The number of benzene rings is 1. The molecule has 0 atom stereocenters. The second-order valence-electron chi connectivity index (χ2n) is 4.82. The third kappa shape index (κ3) is 2.96. The van der Waals surface area contributed by atoms with Crippen LogP contribution in [0.2, 0.25) is 0 Å². The zero-order valence-electron chi connectivity index (χ0n) is 11.9. The normalized spacial score (nSPS) is 17.0. The lowest BCUT2D eigenvalue weighted by atomic mass is 10.0. The van der Waals surface area contributed by atoms with Crippen LogP contribution >= 0.6 is 0 Å². The van der Waals surface area contributed by atoms with Crippen LogP contribution in [-0.2, 0) is 4.74 Å². The molecular formula is C14H21N3O3. The van der Waals surface area contributed by atoms with Gasteiger partial charge in [0.25, 0.3) is 0 Å². The van der Waals surface area contributed by atoms with Crippen LogP contribution in [0, 0.1) is 0 Å². The van der Waals surface area contributed by atoms with E-state index >= 15 is 0 Å². The minimum Gasteiger partial charge on any atom is -0.497 e. The molecule has 0 aromatic heterocycles. The molecule has 1 heterocycles. The van der Waals surface area contributed by atoms with Gasteiger partial charge in [-0.2, -0.15) is 0 Å². The second-order valence-corrected chi connectivity index (χ2v) is 4.82. The molecule has 0 radical (unpaired) electrons. The third-order valence-corrected chi connectivity index (χ3v) is 3.71. The molecule has 0 saturated carbocycles. The molecule has 0 unspecified atom stereocenters. The molecule has 1 fully saturated rings. The maximum atomic E-state index is 8.92. The van der Waals surface area contributed by atoms with Crippen LogP contribution in [-0.4, -0.2) is 44.5 Å². The predicted molar refractivity (Wildman–Crippen MR) is 77.7 cm³/mol. The molecule has 110 valence electrons. The molecule has 0 amide bonds. The molecule has 20 heavy (non-hydrogen) atoms. The van der Waals surface area contributed by atoms with E-state index in [1.807, 2.05) is 13.1 Å². The topological polar surface area (TPSA) is 80.3 Å². The maximum Gasteiger partial charge on any atom is 0.172 e. The number of rotatable bonds is 4. The van der Waals surface area contributed by atoms with Crippen LogP contribution in [0.15, 0.2) is 23.4 Å². The van der Waals surface area contributed by atoms with Crippen molar-refractivity contribution < 1.29 is 14.7 Å². The molecule has 0 spiro atoms. The van der Waals surface area contributed by atoms with Crippen LogP contribution < -0.4 is 15.4 Å². The van der Waals surface area contributed by atoms with Gasteiger partial charge in [0.1, 0.15) is 5.75 Å². The van der Waals surface area contributed by atoms with Crippen molar-refractivity contribution in [3.8, 4) is 5.75 Å². The van der Waals surface area contributed by atoms with Crippen molar-refractivity contribution in [2.45, 2.75) is 18.9 Å². The Kier molecular flexibility index (Phi) is 4.68. The zero-order valence-corrected chi connectivity index (χ0v) is 11.9. The molecule has 1 aromatic carbocycles. The standard InChI is InChI=1S/C14H21N3O3/c1-17(10-5-7-20-8-6-10)13-9-11(19-2)3-4-12(13)14(15)16-18/h3-4,9-10,18H,5-8H2,1-2H3,(H2,15,16). The minimum absolute atomic E-state index is 0.0987. The lowest BCUT2D eigenvalue weighted by molar-refractivity contribution is 0.0855. The number of nitrogens with zero attached hydrogens (tertiary/aromatic N) is 2. The Morgan fingerprint density at radius 1 is 1.45 bits per heavy atom. The maximum absolute atomic E-state index is 8.92. The van der Waals surface area contributed by atoms with E-state index in [1.165, 1.54) is 0 Å². The van der Waals surface area contributed by atoms with Crippen molar-refractivity contribution in [1.29, 1.82) is 0 Å². The van der Waals surface area contributed by atoms with Gasteiger partial charge in [-0.05, 0) is 25.0 Å². The predicted octanol–water partition coefficient (Wildman–Crippen LogP) is 1.40. The molecule has 0 bridgehead atoms. The van der Waals surface area contributed by atoms with Crippen LogP contribution in [0.1, 0.15) is 18.4 Å². The molecule has 2 rings (SSSR count). The fourth-order valence-electron chi connectivity index (χ4n) is 2.47. The molecule has 1 aliphatic rings. The largest absolute Gasteiger partial charge is 0.497 e. The third-order valence-electron chi connectivity index (χ3n) is 3.71. The Morgan fingerprint density at radius 3 is 2.75 bits per heavy atom. The summed E-state index contributed by atoms with van der Waals surface area (Å²) in [6.07, 6.45) is 1.92. The van der Waals surface area contributed by atoms with Gasteiger partial charge in [0.15, 0.2) is 5.84 Å². The first-order chi connectivity index (χ1) is 9.67. The molecule has 3 N–H and O–H groups in total. The number of hydrogen-bond acceptors (Lipinski definition) is 5. The summed E-state index contributed by atoms with van der Waals surface area (Å²) in [4.78, 5) is 2.15. The Labute approximate surface area is 118 Å². The monoisotopic (exact) mass is 279 g/mol. The van der Waals surface area contributed by atoms with E-state index in [1.54, 1.807) is 19.2 Å². The number of hydrogen-bond donors (Lipinski definition) is 2. The van der Waals surface area contributed by atoms with Gasteiger partial charge in [-0.3, -0.25) is 0 Å². The van der Waals surface area contributed by atoms with Crippen molar-refractivity contribution in [2.75, 3.05) is 32.3 Å². The van der Waals surface area contributed by atoms with Gasteiger partial charge in [-0.25, -0.2) is 0 Å². The van der Waals surface area contributed by atoms with E-state index in [2.05, 4.69) is 10.1 Å². The first-order valence-corrected chi connectivity index (χ1v) is 6.64. The molecule has 1 aromatic rings. The molecular weight excluding hydrogens is 258 g/mol. The lowest BCUT2D eigenvalue weighted by Crippen LogP contribution is -2.37. The Balaban J connectivity index is 2.35. The number of nitrogens with two attached hydrogens (primary N) is 1. The Hall–Kier alpha value is -1.95. The lowest BCUT2D eigenvalue weighted by Gasteiger charge is -2.34. The summed E-state index contributed by atoms with van der Waals surface area (Å²) >= 11 is 0. The number of methoxy groups -OCH3 is 1. The van der Waals surface area contributed by atoms with E-state index in [-0.39, 0.29) is 5.84 Å². The van der Waals surface area contributed by atoms with Gasteiger partial charge in [-0.15, -0.1) is 0 Å². The minimum atomic E-state index is 0.0987. The fraction of sp³-hybridized carbons (Fsp3) is 0.500. The molecule has 1 aliphatic heterocycles. The SMILES string of the molecule is COc1ccc(/C(N)=N/O)c(N(C)C2CCOCC2)c1. The fourth-order valence-corrected chi connectivity index (χ4v) is 2.47. The summed E-state index contributed by atoms with van der Waals surface area (Å²) in [7, 11) is 3.63. The first-order valence-electron chi connectivity index (χ1n) is 6.64. The average Bonchev–Trinajstić information content (AvgIpc) is 2.53. The van der Waals surface area contributed by atoms with Gasteiger partial charge in [0.05, 0.1) is 12.8 Å². The summed E-state index contributed by atoms with van der Waals surface area (Å²) in [6, 6.07) is 5.89. The summed E-state index contributed by atoms with van der Waals surface area (Å²) in [5.41, 5.74) is 7.35. The summed E-state index contributed by atoms with van der Waals surface area (Å²) in [5, 5.41) is 12.0. The molecule has 0 aliphatic carbocycles. The van der Waals surface area contributed by atoms with Gasteiger partial charge in [0.2, 0.25) is 0 Å². The number of amidine groups is 1. The summed E-state index contributed by atoms with van der Waals surface area (Å²) in [5.74, 6) is 0.843. The van der Waals surface area contributed by atoms with Crippen LogP contribution in [0.25, 0.3) is 0 Å². The van der Waals surface area contributed by atoms with Crippen molar-refractivity contribution in [2.24, 2.45) is 10.9 Å². The highest BCUT2D eigenvalue weighted by molar-refractivity contribution is 6.02. The molecule has 1 saturated heterocycles. The highest BCUT2D eigenvalue weighted by Crippen LogP contribution is 2.29. The quantitative estimate of drug-likeness (QED) is 0.377. The van der Waals surface area contributed by atoms with E-state index in [9.17, 15) is 0 Å². The van der Waals surface area contributed by atoms with Crippen molar-refractivity contribution in [3.63, 3.8) is 0 Å². The average molecular weight is 279 g/mol. The van der Waals surface area contributed by atoms with Crippen LogP contribution in [0.4, 0.5) is 5.69 Å². The van der Waals surface area contributed by atoms with Gasteiger partial charge >= 0.3 is 0 Å². The molecule has 6 nitrogen and oxygen atoms in total.